The Bertz CT molecular complexity index is 1710. The molecule has 0 aromatic heterocycles. The Morgan fingerprint density at radius 2 is 1.60 bits per heavy atom. The molecular formula is C31H23ClFN3O5S. The second-order valence-electron chi connectivity index (χ2n) is 8.88. The van der Waals surface area contributed by atoms with Gasteiger partial charge in [0, 0.05) is 16.6 Å². The molecule has 2 N–H and O–H groups in total. The summed E-state index contributed by atoms with van der Waals surface area (Å²) in [6.45, 7) is 0. The van der Waals surface area contributed by atoms with Crippen LogP contribution in [-0.4, -0.2) is 31.9 Å². The Kier molecular flexibility index (Phi) is 8.46. The first-order chi connectivity index (χ1) is 20.3. The Labute approximate surface area is 250 Å². The number of carbonyl (C=O) groups excluding carboxylic acids is 3. The van der Waals surface area contributed by atoms with E-state index in [2.05, 4.69) is 10.6 Å². The van der Waals surface area contributed by atoms with Crippen LogP contribution < -0.4 is 25.0 Å². The minimum Gasteiger partial charge on any atom is -0.497 e. The summed E-state index contributed by atoms with van der Waals surface area (Å²) in [5, 5.41) is 6.18. The normalized spacial score (nSPS) is 12.9. The molecule has 42 heavy (non-hydrogen) atoms. The maximum Gasteiger partial charge on any atom is 0.283 e. The molecule has 0 aliphatic carbocycles. The lowest BCUT2D eigenvalue weighted by Gasteiger charge is -2.16. The third-order valence-electron chi connectivity index (χ3n) is 6.25. The summed E-state index contributed by atoms with van der Waals surface area (Å²) in [6.07, 6.45) is 0. The van der Waals surface area contributed by atoms with Gasteiger partial charge in [-0.3, -0.25) is 14.4 Å². The first-order valence-corrected chi connectivity index (χ1v) is 13.7. The molecule has 4 aromatic rings. The number of benzene rings is 4. The van der Waals surface area contributed by atoms with Gasteiger partial charge >= 0.3 is 0 Å². The van der Waals surface area contributed by atoms with Gasteiger partial charge in [0.05, 0.1) is 36.2 Å². The SMILES string of the molecule is COc1ccc(NC2=C(Sc3ccc(NC(=O)c4ccccc4Cl)cc3)C(=O)N(c3ccc(F)cc3)C2=O)c(OC)c1. The zero-order chi connectivity index (χ0) is 29.8. The van der Waals surface area contributed by atoms with Gasteiger partial charge in [-0.05, 0) is 72.8 Å². The molecule has 0 unspecified atom stereocenters. The lowest BCUT2D eigenvalue weighted by Crippen LogP contribution is -2.32. The lowest BCUT2D eigenvalue weighted by molar-refractivity contribution is -0.120. The second kappa shape index (κ2) is 12.4. The van der Waals surface area contributed by atoms with Crippen molar-refractivity contribution < 1.29 is 28.2 Å². The van der Waals surface area contributed by atoms with Gasteiger partial charge in [-0.1, -0.05) is 35.5 Å². The van der Waals surface area contributed by atoms with Gasteiger partial charge < -0.3 is 20.1 Å². The number of hydrogen-bond donors (Lipinski definition) is 2. The molecule has 1 aliphatic heterocycles. The third kappa shape index (κ3) is 5.95. The lowest BCUT2D eigenvalue weighted by atomic mass is 10.2. The van der Waals surface area contributed by atoms with Crippen molar-refractivity contribution in [3.8, 4) is 11.5 Å². The standard InChI is InChI=1S/C31H23ClFN3O5S/c1-40-21-13-16-25(26(17-21)41-2)35-27-28(31(39)36(30(27)38)20-11-7-18(33)8-12-20)42-22-14-9-19(10-15-22)34-29(37)23-5-3-4-6-24(23)32/h3-17,35H,1-2H3,(H,34,37). The highest BCUT2D eigenvalue weighted by Crippen LogP contribution is 2.40. The van der Waals surface area contributed by atoms with E-state index in [0.29, 0.717) is 38.4 Å². The summed E-state index contributed by atoms with van der Waals surface area (Å²) in [5.41, 5.74) is 1.53. The van der Waals surface area contributed by atoms with Gasteiger partial charge in [0.2, 0.25) is 0 Å². The topological polar surface area (TPSA) is 97.0 Å². The molecule has 212 valence electrons. The number of anilines is 3. The van der Waals surface area contributed by atoms with Crippen LogP contribution >= 0.6 is 23.4 Å². The highest BCUT2D eigenvalue weighted by Gasteiger charge is 2.40. The molecule has 0 spiro atoms. The average Bonchev–Trinajstić information content (AvgIpc) is 3.22. The van der Waals surface area contributed by atoms with Crippen LogP contribution in [0.25, 0.3) is 0 Å². The molecule has 0 saturated heterocycles. The van der Waals surface area contributed by atoms with Gasteiger partial charge in [-0.15, -0.1) is 0 Å². The fourth-order valence-corrected chi connectivity index (χ4v) is 5.29. The summed E-state index contributed by atoms with van der Waals surface area (Å²) >= 11 is 7.20. The van der Waals surface area contributed by atoms with Crippen LogP contribution in [0.1, 0.15) is 10.4 Å². The van der Waals surface area contributed by atoms with E-state index in [-0.39, 0.29) is 22.2 Å². The van der Waals surface area contributed by atoms with Crippen molar-refractivity contribution in [2.24, 2.45) is 0 Å². The molecule has 0 fully saturated rings. The molecule has 0 radical (unpaired) electrons. The van der Waals surface area contributed by atoms with E-state index in [1.165, 1.54) is 38.5 Å². The first-order valence-electron chi connectivity index (χ1n) is 12.5. The van der Waals surface area contributed by atoms with E-state index >= 15 is 0 Å². The number of carbonyl (C=O) groups is 3. The first kappa shape index (κ1) is 28.7. The summed E-state index contributed by atoms with van der Waals surface area (Å²) in [7, 11) is 2.99. The monoisotopic (exact) mass is 603 g/mol. The Morgan fingerprint density at radius 1 is 0.881 bits per heavy atom. The number of ether oxygens (including phenoxy) is 2. The minimum atomic E-state index is -0.615. The van der Waals surface area contributed by atoms with E-state index in [1.54, 1.807) is 66.7 Å². The van der Waals surface area contributed by atoms with Gasteiger partial charge in [0.15, 0.2) is 0 Å². The van der Waals surface area contributed by atoms with Gasteiger partial charge in [0.25, 0.3) is 17.7 Å². The predicted molar refractivity (Wildman–Crippen MR) is 161 cm³/mol. The summed E-state index contributed by atoms with van der Waals surface area (Å²) < 4.78 is 24.3. The van der Waals surface area contributed by atoms with E-state index < -0.39 is 17.6 Å². The van der Waals surface area contributed by atoms with Crippen LogP contribution in [0.3, 0.4) is 0 Å². The van der Waals surface area contributed by atoms with Crippen molar-refractivity contribution in [2.45, 2.75) is 4.90 Å². The number of imide groups is 1. The Hall–Kier alpha value is -4.80. The minimum absolute atomic E-state index is 0.0221. The molecule has 3 amide bonds. The zero-order valence-electron chi connectivity index (χ0n) is 22.3. The zero-order valence-corrected chi connectivity index (χ0v) is 23.9. The molecular weight excluding hydrogens is 581 g/mol. The molecule has 1 aliphatic rings. The quantitative estimate of drug-likeness (QED) is 0.205. The van der Waals surface area contributed by atoms with Crippen molar-refractivity contribution in [3.63, 3.8) is 0 Å². The maximum atomic E-state index is 13.6. The molecule has 11 heteroatoms. The molecule has 4 aromatic carbocycles. The third-order valence-corrected chi connectivity index (χ3v) is 7.67. The number of amides is 3. The molecule has 0 saturated carbocycles. The molecule has 1 heterocycles. The Balaban J connectivity index is 1.44. The number of thioether (sulfide) groups is 1. The van der Waals surface area contributed by atoms with E-state index in [0.717, 1.165) is 16.7 Å². The highest BCUT2D eigenvalue weighted by atomic mass is 35.5. The van der Waals surface area contributed by atoms with Gasteiger partial charge in [-0.2, -0.15) is 0 Å². The van der Waals surface area contributed by atoms with Crippen molar-refractivity contribution >= 4 is 58.1 Å². The van der Waals surface area contributed by atoms with Crippen LogP contribution in [0.15, 0.2) is 106 Å². The molecule has 0 bridgehead atoms. The molecule has 0 atom stereocenters. The van der Waals surface area contributed by atoms with Crippen molar-refractivity contribution in [1.82, 2.24) is 0 Å². The predicted octanol–water partition coefficient (Wildman–Crippen LogP) is 6.74. The van der Waals surface area contributed by atoms with Crippen molar-refractivity contribution in [3.05, 3.63) is 118 Å². The summed E-state index contributed by atoms with van der Waals surface area (Å²) in [6, 6.07) is 23.6. The number of methoxy groups -OCH3 is 2. The van der Waals surface area contributed by atoms with E-state index in [9.17, 15) is 18.8 Å². The van der Waals surface area contributed by atoms with Gasteiger partial charge in [-0.25, -0.2) is 9.29 Å². The number of hydrogen-bond acceptors (Lipinski definition) is 7. The Morgan fingerprint density at radius 3 is 2.26 bits per heavy atom. The number of nitrogens with one attached hydrogen (secondary N) is 2. The summed E-state index contributed by atoms with van der Waals surface area (Å²) in [5.74, 6) is -1.12. The summed E-state index contributed by atoms with van der Waals surface area (Å²) in [4.78, 5) is 41.6. The van der Waals surface area contributed by atoms with Crippen LogP contribution in [0.5, 0.6) is 11.5 Å². The fourth-order valence-electron chi connectivity index (χ4n) is 4.14. The smallest absolute Gasteiger partial charge is 0.283 e. The fraction of sp³-hybridized carbons (Fsp3) is 0.0645. The van der Waals surface area contributed by atoms with Gasteiger partial charge in [0.1, 0.15) is 27.9 Å². The van der Waals surface area contributed by atoms with Crippen LogP contribution in [0.4, 0.5) is 21.5 Å². The maximum absolute atomic E-state index is 13.6. The van der Waals surface area contributed by atoms with Crippen molar-refractivity contribution in [1.29, 1.82) is 0 Å². The number of nitrogens with zero attached hydrogens (tertiary/aromatic N) is 1. The van der Waals surface area contributed by atoms with E-state index in [1.807, 2.05) is 0 Å². The van der Waals surface area contributed by atoms with Crippen molar-refractivity contribution in [2.75, 3.05) is 29.8 Å². The second-order valence-corrected chi connectivity index (χ2v) is 10.4. The number of halogens is 2. The average molecular weight is 604 g/mol. The highest BCUT2D eigenvalue weighted by molar-refractivity contribution is 8.04. The molecule has 5 rings (SSSR count). The van der Waals surface area contributed by atoms with E-state index in [4.69, 9.17) is 21.1 Å². The van der Waals surface area contributed by atoms with Crippen LogP contribution in [-0.2, 0) is 9.59 Å². The molecule has 8 nitrogen and oxygen atoms in total. The van der Waals surface area contributed by atoms with Crippen LogP contribution in [0.2, 0.25) is 5.02 Å². The van der Waals surface area contributed by atoms with Crippen LogP contribution in [0, 0.1) is 5.82 Å². The number of rotatable bonds is 9. The largest absolute Gasteiger partial charge is 0.497 e.